The highest BCUT2D eigenvalue weighted by atomic mass is 35.5. The molecular weight excluding hydrogens is 280 g/mol. The van der Waals surface area contributed by atoms with Crippen LogP contribution >= 0.6 is 11.6 Å². The molecule has 3 heteroatoms. The molecule has 1 unspecified atom stereocenters. The summed E-state index contributed by atoms with van der Waals surface area (Å²) in [6.45, 7) is 6.41. The summed E-state index contributed by atoms with van der Waals surface area (Å²) < 4.78 is 0. The van der Waals surface area contributed by atoms with Crippen molar-refractivity contribution in [2.75, 3.05) is 0 Å². The molecule has 0 aliphatic heterocycles. The standard InChI is InChI=1S/C18H23ClN2/c1-12(2)15-9-7-14(8-10-15)11-17(21-20)16-6-4-5-13(3)18(16)19/h4-10,12,17,21H,11,20H2,1-3H3. The molecule has 0 aromatic heterocycles. The molecule has 1 atom stereocenters. The van der Waals surface area contributed by atoms with Crippen molar-refractivity contribution in [3.8, 4) is 0 Å². The average molecular weight is 303 g/mol. The number of halogens is 1. The van der Waals surface area contributed by atoms with Crippen molar-refractivity contribution in [1.29, 1.82) is 0 Å². The van der Waals surface area contributed by atoms with E-state index in [1.165, 1.54) is 11.1 Å². The second kappa shape index (κ2) is 7.08. The molecule has 0 bridgehead atoms. The molecule has 2 aromatic carbocycles. The molecule has 0 spiro atoms. The lowest BCUT2D eigenvalue weighted by Gasteiger charge is -2.19. The van der Waals surface area contributed by atoms with Crippen molar-refractivity contribution in [3.05, 3.63) is 69.7 Å². The van der Waals surface area contributed by atoms with Crippen LogP contribution in [0.15, 0.2) is 42.5 Å². The van der Waals surface area contributed by atoms with E-state index in [-0.39, 0.29) is 6.04 Å². The molecule has 0 radical (unpaired) electrons. The summed E-state index contributed by atoms with van der Waals surface area (Å²) >= 11 is 6.40. The van der Waals surface area contributed by atoms with Crippen LogP contribution in [0.3, 0.4) is 0 Å². The van der Waals surface area contributed by atoms with Crippen molar-refractivity contribution in [3.63, 3.8) is 0 Å². The first-order valence-electron chi connectivity index (χ1n) is 7.33. The molecule has 0 fully saturated rings. The number of hydrogen-bond acceptors (Lipinski definition) is 2. The van der Waals surface area contributed by atoms with Crippen LogP contribution in [0.4, 0.5) is 0 Å². The molecule has 0 saturated heterocycles. The molecule has 21 heavy (non-hydrogen) atoms. The lowest BCUT2D eigenvalue weighted by atomic mass is 9.95. The lowest BCUT2D eigenvalue weighted by molar-refractivity contribution is 0.551. The van der Waals surface area contributed by atoms with Crippen LogP contribution in [0.5, 0.6) is 0 Å². The van der Waals surface area contributed by atoms with Crippen LogP contribution in [0.25, 0.3) is 0 Å². The maximum atomic E-state index is 6.40. The van der Waals surface area contributed by atoms with E-state index in [1.54, 1.807) is 0 Å². The minimum atomic E-state index is 0.0160. The number of rotatable bonds is 5. The van der Waals surface area contributed by atoms with Crippen molar-refractivity contribution < 1.29 is 0 Å². The van der Waals surface area contributed by atoms with Crippen LogP contribution in [0.1, 0.15) is 48.1 Å². The molecule has 0 aliphatic carbocycles. The summed E-state index contributed by atoms with van der Waals surface area (Å²) in [6, 6.07) is 14.8. The lowest BCUT2D eigenvalue weighted by Crippen LogP contribution is -2.29. The Balaban J connectivity index is 2.21. The summed E-state index contributed by atoms with van der Waals surface area (Å²) in [7, 11) is 0. The van der Waals surface area contributed by atoms with Gasteiger partial charge in [-0.25, -0.2) is 0 Å². The molecule has 2 nitrogen and oxygen atoms in total. The molecule has 0 saturated carbocycles. The van der Waals surface area contributed by atoms with Gasteiger partial charge in [0.2, 0.25) is 0 Å². The maximum Gasteiger partial charge on any atom is 0.0515 e. The zero-order chi connectivity index (χ0) is 15.4. The molecule has 2 rings (SSSR count). The molecule has 3 N–H and O–H groups in total. The predicted molar refractivity (Wildman–Crippen MR) is 90.5 cm³/mol. The molecular formula is C18H23ClN2. The number of benzene rings is 2. The number of hydrazine groups is 1. The first-order valence-corrected chi connectivity index (χ1v) is 7.70. The fourth-order valence-electron chi connectivity index (χ4n) is 2.47. The highest BCUT2D eigenvalue weighted by molar-refractivity contribution is 6.32. The minimum Gasteiger partial charge on any atom is -0.271 e. The molecule has 0 heterocycles. The van der Waals surface area contributed by atoms with Crippen molar-refractivity contribution in [2.24, 2.45) is 5.84 Å². The quantitative estimate of drug-likeness (QED) is 0.629. The third-order valence-corrected chi connectivity index (χ3v) is 4.40. The van der Waals surface area contributed by atoms with Gasteiger partial charge in [0.1, 0.15) is 0 Å². The van der Waals surface area contributed by atoms with Gasteiger partial charge in [0.15, 0.2) is 0 Å². The normalized spacial score (nSPS) is 12.7. The maximum absolute atomic E-state index is 6.40. The van der Waals surface area contributed by atoms with Crippen LogP contribution in [0, 0.1) is 6.92 Å². The van der Waals surface area contributed by atoms with Gasteiger partial charge in [-0.1, -0.05) is 67.9 Å². The monoisotopic (exact) mass is 302 g/mol. The third-order valence-electron chi connectivity index (χ3n) is 3.88. The second-order valence-corrected chi connectivity index (χ2v) is 6.18. The van der Waals surface area contributed by atoms with Gasteiger partial charge in [-0.3, -0.25) is 11.3 Å². The average Bonchev–Trinajstić information content (AvgIpc) is 2.48. The predicted octanol–water partition coefficient (Wildman–Crippen LogP) is 4.52. The van der Waals surface area contributed by atoms with E-state index >= 15 is 0 Å². The molecule has 112 valence electrons. The van der Waals surface area contributed by atoms with E-state index in [1.807, 2.05) is 25.1 Å². The van der Waals surface area contributed by atoms with Gasteiger partial charge in [-0.2, -0.15) is 0 Å². The Morgan fingerprint density at radius 2 is 1.76 bits per heavy atom. The van der Waals surface area contributed by atoms with Crippen molar-refractivity contribution >= 4 is 11.6 Å². The summed E-state index contributed by atoms with van der Waals surface area (Å²) in [5.74, 6) is 6.29. The van der Waals surface area contributed by atoms with Crippen molar-refractivity contribution in [1.82, 2.24) is 5.43 Å². The van der Waals surface area contributed by atoms with Gasteiger partial charge in [-0.15, -0.1) is 0 Å². The second-order valence-electron chi connectivity index (χ2n) is 5.80. The largest absolute Gasteiger partial charge is 0.271 e. The van der Waals surface area contributed by atoms with Gasteiger partial charge in [-0.05, 0) is 41.5 Å². The van der Waals surface area contributed by atoms with Gasteiger partial charge in [0, 0.05) is 5.02 Å². The van der Waals surface area contributed by atoms with Crippen LogP contribution in [-0.4, -0.2) is 0 Å². The number of nitrogens with one attached hydrogen (secondary N) is 1. The highest BCUT2D eigenvalue weighted by Crippen LogP contribution is 2.28. The zero-order valence-electron chi connectivity index (χ0n) is 12.9. The number of aryl methyl sites for hydroxylation is 1. The first-order chi connectivity index (χ1) is 10.0. The van der Waals surface area contributed by atoms with E-state index in [0.29, 0.717) is 5.92 Å². The summed E-state index contributed by atoms with van der Waals surface area (Å²) in [5.41, 5.74) is 7.61. The smallest absolute Gasteiger partial charge is 0.0515 e. The van der Waals surface area contributed by atoms with E-state index in [0.717, 1.165) is 22.6 Å². The number of hydrogen-bond donors (Lipinski definition) is 2. The SMILES string of the molecule is Cc1cccc(C(Cc2ccc(C(C)C)cc2)NN)c1Cl. The summed E-state index contributed by atoms with van der Waals surface area (Å²) in [6.07, 6.45) is 0.818. The Kier molecular flexibility index (Phi) is 5.40. The van der Waals surface area contributed by atoms with Gasteiger partial charge in [0.05, 0.1) is 6.04 Å². The fraction of sp³-hybridized carbons (Fsp3) is 0.333. The van der Waals surface area contributed by atoms with Crippen LogP contribution in [-0.2, 0) is 6.42 Å². The molecule has 0 amide bonds. The summed E-state index contributed by atoms with van der Waals surface area (Å²) in [4.78, 5) is 0. The van der Waals surface area contributed by atoms with Crippen molar-refractivity contribution in [2.45, 2.75) is 39.2 Å². The fourth-order valence-corrected chi connectivity index (χ4v) is 2.73. The zero-order valence-corrected chi connectivity index (χ0v) is 13.6. The first kappa shape index (κ1) is 16.0. The van der Waals surface area contributed by atoms with Crippen LogP contribution in [0.2, 0.25) is 5.02 Å². The Bertz CT molecular complexity index is 591. The Morgan fingerprint density at radius 1 is 1.10 bits per heavy atom. The Hall–Kier alpha value is -1.35. The molecule has 0 aliphatic rings. The van der Waals surface area contributed by atoms with Gasteiger partial charge < -0.3 is 0 Å². The van der Waals surface area contributed by atoms with E-state index in [9.17, 15) is 0 Å². The van der Waals surface area contributed by atoms with Crippen LogP contribution < -0.4 is 11.3 Å². The minimum absolute atomic E-state index is 0.0160. The molecule has 2 aromatic rings. The number of nitrogens with two attached hydrogens (primary N) is 1. The van der Waals surface area contributed by atoms with E-state index in [4.69, 9.17) is 17.4 Å². The summed E-state index contributed by atoms with van der Waals surface area (Å²) in [5, 5.41) is 0.791. The Morgan fingerprint density at radius 3 is 2.33 bits per heavy atom. The van der Waals surface area contributed by atoms with Gasteiger partial charge in [0.25, 0.3) is 0 Å². The van der Waals surface area contributed by atoms with E-state index < -0.39 is 0 Å². The topological polar surface area (TPSA) is 38.0 Å². The highest BCUT2D eigenvalue weighted by Gasteiger charge is 2.15. The van der Waals surface area contributed by atoms with E-state index in [2.05, 4.69) is 43.5 Å². The Labute approximate surface area is 132 Å². The third kappa shape index (κ3) is 3.85. The van der Waals surface area contributed by atoms with Gasteiger partial charge >= 0.3 is 0 Å².